The average Bonchev–Trinajstić information content (AvgIpc) is 2.76. The number of benzene rings is 1. The van der Waals surface area contributed by atoms with Gasteiger partial charge in [-0.25, -0.2) is 0 Å². The van der Waals surface area contributed by atoms with E-state index in [-0.39, 0.29) is 11.7 Å². The molecule has 0 fully saturated rings. The van der Waals surface area contributed by atoms with Gasteiger partial charge in [-0.1, -0.05) is 11.2 Å². The van der Waals surface area contributed by atoms with Gasteiger partial charge in [0, 0.05) is 18.7 Å². The summed E-state index contributed by atoms with van der Waals surface area (Å²) in [5.74, 6) is 0.331. The highest BCUT2D eigenvalue weighted by Crippen LogP contribution is 2.31. The molecule has 1 aromatic heterocycles. The number of hydrogen-bond donors (Lipinski definition) is 2. The summed E-state index contributed by atoms with van der Waals surface area (Å²) in [6.07, 6.45) is -3.98. The largest absolute Gasteiger partial charge is 0.416 e. The van der Waals surface area contributed by atoms with Gasteiger partial charge in [0.1, 0.15) is 0 Å². The monoisotopic (exact) mass is 272 g/mol. The van der Waals surface area contributed by atoms with Gasteiger partial charge in [-0.3, -0.25) is 0 Å². The topological polar surface area (TPSA) is 77.0 Å². The molecule has 8 heteroatoms. The predicted octanol–water partition coefficient (Wildman–Crippen LogP) is 2.33. The second kappa shape index (κ2) is 5.27. The van der Waals surface area contributed by atoms with E-state index in [1.54, 1.807) is 0 Å². The molecule has 0 aliphatic heterocycles. The molecule has 0 saturated carbocycles. The van der Waals surface area contributed by atoms with Crippen LogP contribution in [0.5, 0.6) is 0 Å². The summed E-state index contributed by atoms with van der Waals surface area (Å²) < 4.78 is 42.7. The Hall–Kier alpha value is -2.09. The lowest BCUT2D eigenvalue weighted by Gasteiger charge is -2.08. The van der Waals surface area contributed by atoms with Gasteiger partial charge in [0.25, 0.3) is 0 Å². The number of rotatable bonds is 4. The smallest absolute Gasteiger partial charge is 0.408 e. The number of halogens is 3. The van der Waals surface area contributed by atoms with Crippen molar-refractivity contribution in [3.05, 3.63) is 35.7 Å². The van der Waals surface area contributed by atoms with Crippen LogP contribution in [-0.2, 0) is 12.6 Å². The van der Waals surface area contributed by atoms with Crippen LogP contribution in [-0.4, -0.2) is 16.7 Å². The minimum atomic E-state index is -4.39. The molecule has 3 N–H and O–H groups in total. The Morgan fingerprint density at radius 1 is 1.26 bits per heavy atom. The molecule has 0 amide bonds. The molecule has 0 aliphatic carbocycles. The lowest BCUT2D eigenvalue weighted by Crippen LogP contribution is -2.05. The summed E-state index contributed by atoms with van der Waals surface area (Å²) in [7, 11) is 0. The van der Waals surface area contributed by atoms with Crippen LogP contribution in [0.25, 0.3) is 0 Å². The number of alkyl halides is 3. The minimum absolute atomic E-state index is 0.0303. The Balaban J connectivity index is 2.14. The van der Waals surface area contributed by atoms with Crippen LogP contribution < -0.4 is 11.1 Å². The van der Waals surface area contributed by atoms with E-state index in [1.807, 2.05) is 0 Å². The first-order valence-corrected chi connectivity index (χ1v) is 5.46. The first kappa shape index (κ1) is 13.3. The number of nitrogens with two attached hydrogens (primary N) is 1. The molecule has 0 radical (unpaired) electrons. The number of aromatic nitrogens is 2. The zero-order valence-electron chi connectivity index (χ0n) is 9.74. The van der Waals surface area contributed by atoms with Gasteiger partial charge in [-0.05, 0) is 18.2 Å². The van der Waals surface area contributed by atoms with Gasteiger partial charge >= 0.3 is 12.2 Å². The molecule has 0 unspecified atom stereocenters. The average molecular weight is 272 g/mol. The van der Waals surface area contributed by atoms with Gasteiger partial charge in [0.05, 0.1) is 5.56 Å². The van der Waals surface area contributed by atoms with Crippen molar-refractivity contribution in [2.75, 3.05) is 11.9 Å². The first-order valence-electron chi connectivity index (χ1n) is 5.46. The van der Waals surface area contributed by atoms with Crippen molar-refractivity contribution >= 4 is 11.7 Å². The van der Waals surface area contributed by atoms with Crippen molar-refractivity contribution in [3.8, 4) is 0 Å². The van der Waals surface area contributed by atoms with Gasteiger partial charge in [-0.15, -0.1) is 5.10 Å². The summed E-state index contributed by atoms with van der Waals surface area (Å²) in [6, 6.07) is 4.75. The van der Waals surface area contributed by atoms with Crippen LogP contribution in [0.15, 0.2) is 28.7 Å². The van der Waals surface area contributed by atoms with E-state index in [4.69, 9.17) is 10.2 Å². The molecule has 0 bridgehead atoms. The van der Waals surface area contributed by atoms with Gasteiger partial charge in [-0.2, -0.15) is 13.2 Å². The lowest BCUT2D eigenvalue weighted by molar-refractivity contribution is -0.137. The van der Waals surface area contributed by atoms with Crippen molar-refractivity contribution in [1.29, 1.82) is 0 Å². The van der Waals surface area contributed by atoms with Gasteiger partial charge < -0.3 is 15.5 Å². The van der Waals surface area contributed by atoms with E-state index in [0.717, 1.165) is 12.1 Å². The van der Waals surface area contributed by atoms with Crippen LogP contribution >= 0.6 is 0 Å². The second-order valence-electron chi connectivity index (χ2n) is 3.74. The maximum absolute atomic E-state index is 12.5. The fourth-order valence-electron chi connectivity index (χ4n) is 1.43. The normalized spacial score (nSPS) is 11.6. The third kappa shape index (κ3) is 3.44. The molecule has 5 nitrogen and oxygen atoms in total. The second-order valence-corrected chi connectivity index (χ2v) is 3.74. The van der Waals surface area contributed by atoms with E-state index in [1.165, 1.54) is 12.1 Å². The Kier molecular flexibility index (Phi) is 3.70. The number of hydrogen-bond acceptors (Lipinski definition) is 5. The quantitative estimate of drug-likeness (QED) is 0.893. The van der Waals surface area contributed by atoms with Crippen LogP contribution in [0.2, 0.25) is 0 Å². The summed E-state index contributed by atoms with van der Waals surface area (Å²) >= 11 is 0. The van der Waals surface area contributed by atoms with Crippen molar-refractivity contribution in [2.24, 2.45) is 5.73 Å². The number of nitrogens with one attached hydrogen (secondary N) is 1. The zero-order valence-corrected chi connectivity index (χ0v) is 9.74. The van der Waals surface area contributed by atoms with E-state index in [2.05, 4.69) is 15.5 Å². The lowest BCUT2D eigenvalue weighted by atomic mass is 10.2. The summed E-state index contributed by atoms with van der Waals surface area (Å²) in [5, 5.41) is 9.96. The minimum Gasteiger partial charge on any atom is -0.408 e. The molecular formula is C11H11F3N4O. The highest BCUT2D eigenvalue weighted by molar-refractivity contribution is 5.53. The third-order valence-electron chi connectivity index (χ3n) is 2.27. The molecule has 1 aromatic carbocycles. The molecule has 0 aliphatic rings. The summed E-state index contributed by atoms with van der Waals surface area (Å²) in [5.41, 5.74) is 4.79. The first-order chi connectivity index (χ1) is 8.99. The maximum Gasteiger partial charge on any atom is 0.416 e. The molecule has 2 rings (SSSR count). The Morgan fingerprint density at radius 3 is 2.74 bits per heavy atom. The third-order valence-corrected chi connectivity index (χ3v) is 2.27. The Labute approximate surface area is 106 Å². The van der Waals surface area contributed by atoms with Gasteiger partial charge in [0.2, 0.25) is 5.89 Å². The van der Waals surface area contributed by atoms with Crippen LogP contribution in [0, 0.1) is 0 Å². The molecular weight excluding hydrogens is 261 g/mol. The molecule has 0 saturated heterocycles. The fraction of sp³-hybridized carbons (Fsp3) is 0.273. The number of nitrogens with zero attached hydrogens (tertiary/aromatic N) is 2. The molecule has 102 valence electrons. The highest BCUT2D eigenvalue weighted by Gasteiger charge is 2.30. The van der Waals surface area contributed by atoms with Gasteiger partial charge in [0.15, 0.2) is 0 Å². The van der Waals surface area contributed by atoms with Crippen LogP contribution in [0.1, 0.15) is 11.5 Å². The maximum atomic E-state index is 12.5. The summed E-state index contributed by atoms with van der Waals surface area (Å²) in [4.78, 5) is 0. The fourth-order valence-corrected chi connectivity index (χ4v) is 1.43. The van der Waals surface area contributed by atoms with Crippen molar-refractivity contribution < 1.29 is 17.6 Å². The van der Waals surface area contributed by atoms with E-state index in [0.29, 0.717) is 18.9 Å². The molecule has 19 heavy (non-hydrogen) atoms. The molecule has 0 spiro atoms. The summed E-state index contributed by atoms with van der Waals surface area (Å²) in [6.45, 7) is 0.352. The van der Waals surface area contributed by atoms with Crippen molar-refractivity contribution in [1.82, 2.24) is 10.2 Å². The van der Waals surface area contributed by atoms with E-state index >= 15 is 0 Å². The van der Waals surface area contributed by atoms with Crippen LogP contribution in [0.3, 0.4) is 0 Å². The Bertz CT molecular complexity index is 553. The highest BCUT2D eigenvalue weighted by atomic mass is 19.4. The predicted molar refractivity (Wildman–Crippen MR) is 61.8 cm³/mol. The van der Waals surface area contributed by atoms with Crippen LogP contribution in [0.4, 0.5) is 24.9 Å². The SMILES string of the molecule is NCCc1nnc(Nc2cccc(C(F)(F)F)c2)o1. The van der Waals surface area contributed by atoms with Crippen molar-refractivity contribution in [3.63, 3.8) is 0 Å². The Morgan fingerprint density at radius 2 is 2.05 bits per heavy atom. The standard InChI is InChI=1S/C11H11F3N4O/c12-11(13,14)7-2-1-3-8(6-7)16-10-18-17-9(19-10)4-5-15/h1-3,6H,4-5,15H2,(H,16,18). The van der Waals surface area contributed by atoms with E-state index < -0.39 is 11.7 Å². The molecule has 0 atom stereocenters. The molecule has 2 aromatic rings. The van der Waals surface area contributed by atoms with Crippen molar-refractivity contribution in [2.45, 2.75) is 12.6 Å². The zero-order chi connectivity index (χ0) is 13.9. The van der Waals surface area contributed by atoms with E-state index in [9.17, 15) is 13.2 Å². The number of anilines is 2. The molecule has 1 heterocycles.